The minimum absolute atomic E-state index is 0.282. The van der Waals surface area contributed by atoms with Crippen LogP contribution < -0.4 is 5.73 Å². The highest BCUT2D eigenvalue weighted by Crippen LogP contribution is 2.31. The first-order valence-electron chi connectivity index (χ1n) is 6.78. The van der Waals surface area contributed by atoms with Crippen molar-refractivity contribution in [3.05, 3.63) is 29.6 Å². The summed E-state index contributed by atoms with van der Waals surface area (Å²) in [5.74, 6) is 0. The molecule has 3 rings (SSSR count). The van der Waals surface area contributed by atoms with Crippen LogP contribution in [0.5, 0.6) is 0 Å². The predicted molar refractivity (Wildman–Crippen MR) is 70.2 cm³/mol. The zero-order valence-corrected chi connectivity index (χ0v) is 10.9. The highest BCUT2D eigenvalue weighted by molar-refractivity contribution is 5.18. The molecule has 0 saturated carbocycles. The Morgan fingerprint density at radius 1 is 1.39 bits per heavy atom. The molecule has 0 aromatic carbocycles. The minimum Gasteiger partial charge on any atom is -0.372 e. The molecule has 2 aliphatic rings. The van der Waals surface area contributed by atoms with Gasteiger partial charge in [-0.3, -0.25) is 9.88 Å². The number of hydrogen-bond acceptors (Lipinski definition) is 4. The third-order valence-electron chi connectivity index (χ3n) is 4.05. The van der Waals surface area contributed by atoms with E-state index in [0.29, 0.717) is 18.8 Å². The fourth-order valence-electron chi connectivity index (χ4n) is 3.07. The molecule has 2 N–H and O–H groups in total. The predicted octanol–water partition coefficient (Wildman–Crippen LogP) is 1.25. The summed E-state index contributed by atoms with van der Waals surface area (Å²) >= 11 is 0. The van der Waals surface area contributed by atoms with Gasteiger partial charge in [0.15, 0.2) is 0 Å². The number of ether oxygens (including phenoxy) is 1. The number of pyridine rings is 1. The highest BCUT2D eigenvalue weighted by Gasteiger charge is 2.36. The fraction of sp³-hybridized carbons (Fsp3) is 0.643. The summed E-state index contributed by atoms with van der Waals surface area (Å²) in [6.45, 7) is 4.67. The highest BCUT2D eigenvalue weighted by atomic mass is 16.5. The Hall–Kier alpha value is -0.970. The Morgan fingerprint density at radius 2 is 2.11 bits per heavy atom. The molecular formula is C14H21N3O. The van der Waals surface area contributed by atoms with E-state index in [2.05, 4.69) is 22.0 Å². The van der Waals surface area contributed by atoms with Crippen LogP contribution in [0.3, 0.4) is 0 Å². The van der Waals surface area contributed by atoms with Gasteiger partial charge in [0.2, 0.25) is 0 Å². The molecule has 2 fully saturated rings. The summed E-state index contributed by atoms with van der Waals surface area (Å²) in [7, 11) is 0. The molecule has 0 amide bonds. The van der Waals surface area contributed by atoms with Crippen molar-refractivity contribution in [2.24, 2.45) is 5.73 Å². The second kappa shape index (κ2) is 4.96. The molecule has 0 spiro atoms. The van der Waals surface area contributed by atoms with E-state index < -0.39 is 0 Å². The molecule has 2 saturated heterocycles. The molecule has 0 radical (unpaired) electrons. The zero-order chi connectivity index (χ0) is 12.5. The van der Waals surface area contributed by atoms with Crippen molar-refractivity contribution in [2.75, 3.05) is 19.6 Å². The van der Waals surface area contributed by atoms with E-state index in [9.17, 15) is 0 Å². The van der Waals surface area contributed by atoms with Gasteiger partial charge in [-0.1, -0.05) is 6.07 Å². The SMILES string of the molecule is Cc1ccc(C(CN)N2CC3CCC(C2)O3)cn1. The average molecular weight is 247 g/mol. The minimum atomic E-state index is 0.282. The molecule has 1 aromatic heterocycles. The largest absolute Gasteiger partial charge is 0.372 e. The first-order chi connectivity index (χ1) is 8.76. The van der Waals surface area contributed by atoms with Crippen LogP contribution in [0.2, 0.25) is 0 Å². The van der Waals surface area contributed by atoms with E-state index in [1.165, 1.54) is 18.4 Å². The molecule has 2 aliphatic heterocycles. The van der Waals surface area contributed by atoms with Crippen molar-refractivity contribution in [2.45, 2.75) is 38.0 Å². The van der Waals surface area contributed by atoms with Gasteiger partial charge in [0.25, 0.3) is 0 Å². The summed E-state index contributed by atoms with van der Waals surface area (Å²) in [5, 5.41) is 0. The number of morpholine rings is 1. The van der Waals surface area contributed by atoms with Crippen molar-refractivity contribution >= 4 is 0 Å². The maximum atomic E-state index is 5.97. The Labute approximate surface area is 108 Å². The summed E-state index contributed by atoms with van der Waals surface area (Å²) < 4.78 is 5.88. The molecule has 2 bridgehead atoms. The van der Waals surface area contributed by atoms with Crippen LogP contribution in [0.1, 0.15) is 30.1 Å². The average Bonchev–Trinajstić information content (AvgIpc) is 2.72. The molecule has 3 unspecified atom stereocenters. The summed E-state index contributed by atoms with van der Waals surface area (Å²) in [6.07, 6.45) is 5.19. The molecule has 3 heterocycles. The first-order valence-corrected chi connectivity index (χ1v) is 6.78. The molecular weight excluding hydrogens is 226 g/mol. The first kappa shape index (κ1) is 12.1. The number of hydrogen-bond donors (Lipinski definition) is 1. The number of nitrogens with two attached hydrogens (primary N) is 1. The molecule has 1 aromatic rings. The van der Waals surface area contributed by atoms with Crippen LogP contribution in [0, 0.1) is 6.92 Å². The van der Waals surface area contributed by atoms with Crippen LogP contribution in [0.15, 0.2) is 18.3 Å². The monoisotopic (exact) mass is 247 g/mol. The van der Waals surface area contributed by atoms with Crippen LogP contribution in [-0.2, 0) is 4.74 Å². The summed E-state index contributed by atoms with van der Waals surface area (Å²) in [5.41, 5.74) is 8.25. The lowest BCUT2D eigenvalue weighted by atomic mass is 10.1. The third-order valence-corrected chi connectivity index (χ3v) is 4.05. The standard InChI is InChI=1S/C14H21N3O/c1-10-2-3-11(7-16-10)14(6-15)17-8-12-4-5-13(9-17)18-12/h2-3,7,12-14H,4-6,8-9,15H2,1H3. The number of nitrogens with zero attached hydrogens (tertiary/aromatic N) is 2. The van der Waals surface area contributed by atoms with Crippen molar-refractivity contribution in [1.29, 1.82) is 0 Å². The van der Waals surface area contributed by atoms with Gasteiger partial charge < -0.3 is 10.5 Å². The fourth-order valence-corrected chi connectivity index (χ4v) is 3.07. The topological polar surface area (TPSA) is 51.4 Å². The lowest BCUT2D eigenvalue weighted by Gasteiger charge is -2.37. The van der Waals surface area contributed by atoms with Gasteiger partial charge in [-0.15, -0.1) is 0 Å². The number of rotatable bonds is 3. The van der Waals surface area contributed by atoms with E-state index in [0.717, 1.165) is 18.8 Å². The van der Waals surface area contributed by atoms with Crippen LogP contribution in [0.25, 0.3) is 0 Å². The van der Waals surface area contributed by atoms with Gasteiger partial charge in [-0.2, -0.15) is 0 Å². The third kappa shape index (κ3) is 2.28. The van der Waals surface area contributed by atoms with E-state index in [1.54, 1.807) is 0 Å². The van der Waals surface area contributed by atoms with Gasteiger partial charge in [0.1, 0.15) is 0 Å². The Kier molecular flexibility index (Phi) is 3.33. The van der Waals surface area contributed by atoms with E-state index in [4.69, 9.17) is 10.5 Å². The quantitative estimate of drug-likeness (QED) is 0.873. The number of fused-ring (bicyclic) bond motifs is 2. The Morgan fingerprint density at radius 3 is 2.67 bits per heavy atom. The summed E-state index contributed by atoms with van der Waals surface area (Å²) in [4.78, 5) is 6.85. The van der Waals surface area contributed by atoms with Crippen molar-refractivity contribution < 1.29 is 4.74 Å². The van der Waals surface area contributed by atoms with E-state index >= 15 is 0 Å². The molecule has 18 heavy (non-hydrogen) atoms. The second-order valence-electron chi connectivity index (χ2n) is 5.40. The maximum absolute atomic E-state index is 5.97. The normalized spacial score (nSPS) is 29.4. The van der Waals surface area contributed by atoms with Gasteiger partial charge in [0, 0.05) is 37.6 Å². The van der Waals surface area contributed by atoms with Gasteiger partial charge >= 0.3 is 0 Å². The van der Waals surface area contributed by atoms with E-state index in [-0.39, 0.29) is 6.04 Å². The van der Waals surface area contributed by atoms with Crippen molar-refractivity contribution in [3.63, 3.8) is 0 Å². The molecule has 4 heteroatoms. The van der Waals surface area contributed by atoms with Crippen molar-refractivity contribution in [1.82, 2.24) is 9.88 Å². The Balaban J connectivity index is 1.77. The van der Waals surface area contributed by atoms with Crippen molar-refractivity contribution in [3.8, 4) is 0 Å². The zero-order valence-electron chi connectivity index (χ0n) is 10.9. The molecule has 3 atom stereocenters. The maximum Gasteiger partial charge on any atom is 0.0707 e. The number of aromatic nitrogens is 1. The van der Waals surface area contributed by atoms with Gasteiger partial charge in [-0.05, 0) is 31.4 Å². The smallest absolute Gasteiger partial charge is 0.0707 e. The van der Waals surface area contributed by atoms with Gasteiger partial charge in [0.05, 0.1) is 12.2 Å². The number of aryl methyl sites for hydroxylation is 1. The number of likely N-dealkylation sites (tertiary alicyclic amines) is 1. The lowest BCUT2D eigenvalue weighted by Crippen LogP contribution is -2.46. The molecule has 0 aliphatic carbocycles. The van der Waals surface area contributed by atoms with Gasteiger partial charge in [-0.25, -0.2) is 0 Å². The lowest BCUT2D eigenvalue weighted by molar-refractivity contribution is -0.0521. The van der Waals surface area contributed by atoms with E-state index in [1.807, 2.05) is 13.1 Å². The summed E-state index contributed by atoms with van der Waals surface area (Å²) in [6, 6.07) is 4.50. The van der Waals surface area contributed by atoms with Crippen LogP contribution in [-0.4, -0.2) is 41.7 Å². The molecule has 98 valence electrons. The van der Waals surface area contributed by atoms with Crippen LogP contribution in [0.4, 0.5) is 0 Å². The van der Waals surface area contributed by atoms with Crippen LogP contribution >= 0.6 is 0 Å². The Bertz CT molecular complexity index is 394. The molecule has 4 nitrogen and oxygen atoms in total. The second-order valence-corrected chi connectivity index (χ2v) is 5.40.